The molecule has 0 amide bonds. The summed E-state index contributed by atoms with van der Waals surface area (Å²) in [5, 5.41) is 13.8. The summed E-state index contributed by atoms with van der Waals surface area (Å²) in [6.45, 7) is 37.9. The van der Waals surface area contributed by atoms with E-state index in [9.17, 15) is 0 Å². The van der Waals surface area contributed by atoms with Crippen molar-refractivity contribution in [2.75, 3.05) is 78.6 Å². The number of nitrogens with zero attached hydrogens (tertiary/aromatic N) is 2. The van der Waals surface area contributed by atoms with E-state index in [2.05, 4.69) is 89.7 Å². The van der Waals surface area contributed by atoms with E-state index in [1.54, 1.807) is 6.92 Å². The number of nitrogens with one attached hydrogen (secondary N) is 2. The molecule has 0 unspecified atom stereocenters. The molecule has 0 aliphatic heterocycles. The highest BCUT2D eigenvalue weighted by atomic mass is 16.2. The van der Waals surface area contributed by atoms with Crippen LogP contribution >= 0.6 is 0 Å². The topological polar surface area (TPSA) is 76.8 Å². The van der Waals surface area contributed by atoms with Crippen LogP contribution in [0.1, 0.15) is 103 Å². The SMILES string of the molecule is C.CCCN(CC)CC.CCCN(CC)CC.CCN.CCNCC.CCNCC.CCO. The summed E-state index contributed by atoms with van der Waals surface area (Å²) in [5.41, 5.74) is 4.85. The van der Waals surface area contributed by atoms with E-state index in [1.165, 1.54) is 52.1 Å². The van der Waals surface area contributed by atoms with Crippen molar-refractivity contribution in [3.8, 4) is 0 Å². The van der Waals surface area contributed by atoms with Crippen molar-refractivity contribution in [1.82, 2.24) is 20.4 Å². The molecular formula is C27H73N5O. The lowest BCUT2D eigenvalue weighted by molar-refractivity contribution is 0.304. The van der Waals surface area contributed by atoms with Gasteiger partial charge in [-0.25, -0.2) is 0 Å². The first kappa shape index (κ1) is 49.8. The largest absolute Gasteiger partial charge is 0.397 e. The molecule has 6 nitrogen and oxygen atoms in total. The summed E-state index contributed by atoms with van der Waals surface area (Å²) < 4.78 is 0. The molecule has 0 aliphatic rings. The molecule has 33 heavy (non-hydrogen) atoms. The second kappa shape index (κ2) is 63.5. The highest BCUT2D eigenvalue weighted by molar-refractivity contribution is 4.48. The smallest absolute Gasteiger partial charge is 0.0402 e. The predicted octanol–water partition coefficient (Wildman–Crippen LogP) is 5.31. The summed E-state index contributed by atoms with van der Waals surface area (Å²) in [6, 6.07) is 0. The number of hydrogen-bond acceptors (Lipinski definition) is 6. The molecule has 0 heterocycles. The fraction of sp³-hybridized carbons (Fsp3) is 1.00. The second-order valence-corrected chi connectivity index (χ2v) is 6.69. The Kier molecular flexibility index (Phi) is 95.8. The number of nitrogens with two attached hydrogens (primary N) is 1. The molecule has 0 fully saturated rings. The molecule has 0 saturated carbocycles. The average Bonchev–Trinajstić information content (AvgIpc) is 2.79. The van der Waals surface area contributed by atoms with Crippen LogP contribution in [-0.4, -0.2) is 93.5 Å². The lowest BCUT2D eigenvalue weighted by Gasteiger charge is -2.15. The van der Waals surface area contributed by atoms with Crippen LogP contribution < -0.4 is 16.4 Å². The summed E-state index contributed by atoms with van der Waals surface area (Å²) >= 11 is 0. The monoisotopic (exact) mass is 484 g/mol. The molecule has 0 atom stereocenters. The standard InChI is InChI=1S/2C7H17N.2C4H11N.C2H7N.C2H6O.CH4/c2*1-4-7-8(5-2)6-3;2*1-3-5-4-2;2*1-2-3;/h2*4-7H2,1-3H3;2*5H,3-4H2,1-2H3;2-3H2,1H3;3H,2H2,1H3;1H4. The minimum absolute atomic E-state index is 0. The lowest BCUT2D eigenvalue weighted by Crippen LogP contribution is -2.23. The van der Waals surface area contributed by atoms with Crippen molar-refractivity contribution in [3.05, 3.63) is 0 Å². The van der Waals surface area contributed by atoms with E-state index in [4.69, 9.17) is 10.8 Å². The fourth-order valence-electron chi connectivity index (χ4n) is 2.21. The molecule has 0 aromatic heterocycles. The van der Waals surface area contributed by atoms with Crippen molar-refractivity contribution >= 4 is 0 Å². The van der Waals surface area contributed by atoms with Crippen LogP contribution in [-0.2, 0) is 0 Å². The van der Waals surface area contributed by atoms with E-state index in [0.717, 1.165) is 32.7 Å². The zero-order valence-corrected chi connectivity index (χ0v) is 24.8. The van der Waals surface area contributed by atoms with Gasteiger partial charge in [0.1, 0.15) is 0 Å². The summed E-state index contributed by atoms with van der Waals surface area (Å²) in [4.78, 5) is 4.86. The van der Waals surface area contributed by atoms with Gasteiger partial charge in [0.05, 0.1) is 0 Å². The van der Waals surface area contributed by atoms with Crippen molar-refractivity contribution < 1.29 is 5.11 Å². The molecule has 0 aromatic carbocycles. The Morgan fingerprint density at radius 2 is 0.727 bits per heavy atom. The second-order valence-electron chi connectivity index (χ2n) is 6.69. The number of hydrogen-bond donors (Lipinski definition) is 4. The van der Waals surface area contributed by atoms with Crippen LogP contribution in [0, 0.1) is 0 Å². The Morgan fingerprint density at radius 3 is 0.758 bits per heavy atom. The Balaban J connectivity index is -0.0000000509. The van der Waals surface area contributed by atoms with Gasteiger partial charge < -0.3 is 31.3 Å². The normalized spacial score (nSPS) is 8.73. The summed E-state index contributed by atoms with van der Waals surface area (Å²) in [7, 11) is 0. The summed E-state index contributed by atoms with van der Waals surface area (Å²) in [6.07, 6.45) is 2.56. The van der Waals surface area contributed by atoms with Gasteiger partial charge in [0.15, 0.2) is 0 Å². The Bertz CT molecular complexity index is 189. The maximum atomic E-state index is 7.57. The Labute approximate surface area is 213 Å². The van der Waals surface area contributed by atoms with Crippen LogP contribution in [0.15, 0.2) is 0 Å². The van der Waals surface area contributed by atoms with Gasteiger partial charge in [0, 0.05) is 6.61 Å². The van der Waals surface area contributed by atoms with Crippen molar-refractivity contribution in [3.63, 3.8) is 0 Å². The molecule has 212 valence electrons. The average molecular weight is 484 g/mol. The van der Waals surface area contributed by atoms with Gasteiger partial charge in [0.25, 0.3) is 0 Å². The maximum absolute atomic E-state index is 7.57. The first-order valence-electron chi connectivity index (χ1n) is 13.5. The zero-order valence-electron chi connectivity index (χ0n) is 24.8. The highest BCUT2D eigenvalue weighted by Gasteiger charge is 1.93. The molecule has 0 rings (SSSR count). The van der Waals surface area contributed by atoms with Gasteiger partial charge >= 0.3 is 0 Å². The van der Waals surface area contributed by atoms with Crippen LogP contribution in [0.2, 0.25) is 0 Å². The molecular weight excluding hydrogens is 410 g/mol. The molecule has 5 N–H and O–H groups in total. The van der Waals surface area contributed by atoms with E-state index in [1.807, 2.05) is 6.92 Å². The summed E-state index contributed by atoms with van der Waals surface area (Å²) in [5.74, 6) is 0. The molecule has 6 heteroatoms. The van der Waals surface area contributed by atoms with Crippen LogP contribution in [0.25, 0.3) is 0 Å². The first-order chi connectivity index (χ1) is 15.3. The van der Waals surface area contributed by atoms with Crippen molar-refractivity contribution in [2.45, 2.75) is 103 Å². The lowest BCUT2D eigenvalue weighted by atomic mass is 10.4. The zero-order chi connectivity index (χ0) is 26.5. The van der Waals surface area contributed by atoms with Gasteiger partial charge in [0.2, 0.25) is 0 Å². The van der Waals surface area contributed by atoms with E-state index in [0.29, 0.717) is 0 Å². The Hall–Kier alpha value is -0.240. The van der Waals surface area contributed by atoms with Gasteiger partial charge in [-0.1, -0.05) is 83.6 Å². The van der Waals surface area contributed by atoms with Gasteiger partial charge in [-0.3, -0.25) is 0 Å². The number of aliphatic hydroxyl groups excluding tert-OH is 1. The third-order valence-electron chi connectivity index (χ3n) is 3.87. The van der Waals surface area contributed by atoms with Gasteiger partial charge in [-0.15, -0.1) is 0 Å². The van der Waals surface area contributed by atoms with Crippen LogP contribution in [0.4, 0.5) is 0 Å². The number of rotatable bonds is 12. The van der Waals surface area contributed by atoms with E-state index >= 15 is 0 Å². The Morgan fingerprint density at radius 1 is 0.545 bits per heavy atom. The minimum Gasteiger partial charge on any atom is -0.397 e. The van der Waals surface area contributed by atoms with E-state index < -0.39 is 0 Å². The van der Waals surface area contributed by atoms with Crippen molar-refractivity contribution in [1.29, 1.82) is 0 Å². The van der Waals surface area contributed by atoms with Crippen LogP contribution in [0.5, 0.6) is 0 Å². The molecule has 0 bridgehead atoms. The van der Waals surface area contributed by atoms with E-state index in [-0.39, 0.29) is 14.0 Å². The van der Waals surface area contributed by atoms with Crippen molar-refractivity contribution in [2.24, 2.45) is 5.73 Å². The molecule has 0 aromatic rings. The molecule has 0 radical (unpaired) electrons. The molecule has 0 saturated heterocycles. The highest BCUT2D eigenvalue weighted by Crippen LogP contribution is 1.88. The predicted molar refractivity (Wildman–Crippen MR) is 159 cm³/mol. The third kappa shape index (κ3) is 89.2. The third-order valence-corrected chi connectivity index (χ3v) is 3.87. The molecule has 0 aliphatic carbocycles. The van der Waals surface area contributed by atoms with Crippen LogP contribution in [0.3, 0.4) is 0 Å². The van der Waals surface area contributed by atoms with Gasteiger partial charge in [-0.2, -0.15) is 0 Å². The maximum Gasteiger partial charge on any atom is 0.0402 e. The minimum atomic E-state index is 0. The fourth-order valence-corrected chi connectivity index (χ4v) is 2.21. The quantitative estimate of drug-likeness (QED) is 0.301. The van der Waals surface area contributed by atoms with Gasteiger partial charge in [-0.05, 0) is 91.8 Å². The number of aliphatic hydroxyl groups is 1. The first-order valence-corrected chi connectivity index (χ1v) is 13.5. The molecule has 0 spiro atoms.